The number of halogens is 2. The van der Waals surface area contributed by atoms with Crippen molar-refractivity contribution in [3.8, 4) is 0 Å². The lowest BCUT2D eigenvalue weighted by molar-refractivity contribution is 0.0560. The summed E-state index contributed by atoms with van der Waals surface area (Å²) < 4.78 is 31.7. The molecule has 88 valence electrons. The van der Waals surface area contributed by atoms with E-state index in [1.54, 1.807) is 11.8 Å². The van der Waals surface area contributed by atoms with Crippen LogP contribution in [0.4, 0.5) is 8.78 Å². The molecule has 1 saturated heterocycles. The molecule has 2 rings (SSSR count). The topological polar surface area (TPSA) is 35.2 Å². The highest BCUT2D eigenvalue weighted by Crippen LogP contribution is 2.25. The van der Waals surface area contributed by atoms with E-state index in [4.69, 9.17) is 10.5 Å². The fourth-order valence-corrected chi connectivity index (χ4v) is 2.60. The van der Waals surface area contributed by atoms with Crippen LogP contribution in [0.5, 0.6) is 0 Å². The number of ether oxygens (including phenoxy) is 1. The third kappa shape index (κ3) is 2.53. The number of hydrogen-bond donors (Lipinski definition) is 1. The molecule has 0 aromatic heterocycles. The number of rotatable bonds is 2. The SMILES string of the molecule is NC(c1ccc(F)cc1F)C1CSCCO1. The van der Waals surface area contributed by atoms with Crippen LogP contribution < -0.4 is 5.73 Å². The molecular formula is C11H13F2NOS. The van der Waals surface area contributed by atoms with Gasteiger partial charge in [0.25, 0.3) is 0 Å². The van der Waals surface area contributed by atoms with Gasteiger partial charge in [-0.2, -0.15) is 11.8 Å². The van der Waals surface area contributed by atoms with Gasteiger partial charge >= 0.3 is 0 Å². The van der Waals surface area contributed by atoms with Crippen LogP contribution in [-0.2, 0) is 4.74 Å². The van der Waals surface area contributed by atoms with Crippen molar-refractivity contribution in [1.82, 2.24) is 0 Å². The number of nitrogens with two attached hydrogens (primary N) is 1. The van der Waals surface area contributed by atoms with Crippen LogP contribution in [0.25, 0.3) is 0 Å². The van der Waals surface area contributed by atoms with Gasteiger partial charge in [-0.25, -0.2) is 8.78 Å². The fourth-order valence-electron chi connectivity index (χ4n) is 1.69. The third-order valence-corrected chi connectivity index (χ3v) is 3.58. The summed E-state index contributed by atoms with van der Waals surface area (Å²) in [5, 5.41) is 0. The predicted molar refractivity (Wildman–Crippen MR) is 60.4 cm³/mol. The zero-order valence-electron chi connectivity index (χ0n) is 8.66. The van der Waals surface area contributed by atoms with Crippen LogP contribution in [0.2, 0.25) is 0 Å². The van der Waals surface area contributed by atoms with Crippen molar-refractivity contribution >= 4 is 11.8 Å². The van der Waals surface area contributed by atoms with Gasteiger partial charge in [0.15, 0.2) is 0 Å². The van der Waals surface area contributed by atoms with Crippen molar-refractivity contribution < 1.29 is 13.5 Å². The highest BCUT2D eigenvalue weighted by Gasteiger charge is 2.25. The Kier molecular flexibility index (Phi) is 3.78. The van der Waals surface area contributed by atoms with E-state index in [2.05, 4.69) is 0 Å². The Balaban J connectivity index is 2.15. The number of thioether (sulfide) groups is 1. The van der Waals surface area contributed by atoms with Gasteiger partial charge in [-0.05, 0) is 6.07 Å². The minimum Gasteiger partial charge on any atom is -0.375 e. The second-order valence-electron chi connectivity index (χ2n) is 3.68. The first-order chi connectivity index (χ1) is 7.68. The summed E-state index contributed by atoms with van der Waals surface area (Å²) >= 11 is 1.73. The first-order valence-electron chi connectivity index (χ1n) is 5.08. The molecule has 0 spiro atoms. The lowest BCUT2D eigenvalue weighted by Gasteiger charge is -2.28. The first-order valence-corrected chi connectivity index (χ1v) is 6.24. The van der Waals surface area contributed by atoms with Crippen LogP contribution in [0, 0.1) is 11.6 Å². The van der Waals surface area contributed by atoms with Crippen molar-refractivity contribution in [2.75, 3.05) is 18.1 Å². The summed E-state index contributed by atoms with van der Waals surface area (Å²) in [4.78, 5) is 0. The van der Waals surface area contributed by atoms with E-state index in [1.807, 2.05) is 0 Å². The Hall–Kier alpha value is -0.650. The van der Waals surface area contributed by atoms with Crippen LogP contribution in [0.15, 0.2) is 18.2 Å². The largest absolute Gasteiger partial charge is 0.375 e. The Labute approximate surface area is 97.2 Å². The van der Waals surface area contributed by atoms with Crippen LogP contribution >= 0.6 is 11.8 Å². The lowest BCUT2D eigenvalue weighted by atomic mass is 10.0. The molecule has 0 bridgehead atoms. The maximum Gasteiger partial charge on any atom is 0.130 e. The number of benzene rings is 1. The molecule has 1 aromatic carbocycles. The summed E-state index contributed by atoms with van der Waals surface area (Å²) in [7, 11) is 0. The monoisotopic (exact) mass is 245 g/mol. The van der Waals surface area contributed by atoms with Gasteiger partial charge in [-0.15, -0.1) is 0 Å². The van der Waals surface area contributed by atoms with Gasteiger partial charge in [0.1, 0.15) is 11.6 Å². The van der Waals surface area contributed by atoms with Gasteiger partial charge in [0, 0.05) is 23.1 Å². The van der Waals surface area contributed by atoms with E-state index in [-0.39, 0.29) is 6.10 Å². The summed E-state index contributed by atoms with van der Waals surface area (Å²) in [6.45, 7) is 0.631. The quantitative estimate of drug-likeness (QED) is 0.866. The van der Waals surface area contributed by atoms with E-state index in [0.717, 1.165) is 17.6 Å². The Bertz CT molecular complexity index is 369. The molecule has 0 radical (unpaired) electrons. The van der Waals surface area contributed by atoms with Crippen molar-refractivity contribution in [3.63, 3.8) is 0 Å². The summed E-state index contributed by atoms with van der Waals surface area (Å²) in [5.41, 5.74) is 6.23. The molecule has 16 heavy (non-hydrogen) atoms. The predicted octanol–water partition coefficient (Wildman–Crippen LogP) is 2.10. The first kappa shape index (κ1) is 11.8. The Morgan fingerprint density at radius 2 is 2.25 bits per heavy atom. The molecule has 0 aliphatic carbocycles. The molecule has 0 saturated carbocycles. The highest BCUT2D eigenvalue weighted by molar-refractivity contribution is 7.99. The Morgan fingerprint density at radius 3 is 2.88 bits per heavy atom. The average Bonchev–Trinajstić information content (AvgIpc) is 2.29. The van der Waals surface area contributed by atoms with Gasteiger partial charge in [-0.3, -0.25) is 0 Å². The van der Waals surface area contributed by atoms with E-state index in [9.17, 15) is 8.78 Å². The molecular weight excluding hydrogens is 232 g/mol. The van der Waals surface area contributed by atoms with Gasteiger partial charge in [0.05, 0.1) is 18.8 Å². The molecule has 1 aromatic rings. The summed E-state index contributed by atoms with van der Waals surface area (Å²) in [6.07, 6.45) is -0.196. The summed E-state index contributed by atoms with van der Waals surface area (Å²) in [5.74, 6) is 0.492. The van der Waals surface area contributed by atoms with Crippen molar-refractivity contribution in [3.05, 3.63) is 35.4 Å². The molecule has 1 heterocycles. The van der Waals surface area contributed by atoms with Crippen LogP contribution in [0.3, 0.4) is 0 Å². The van der Waals surface area contributed by atoms with Crippen molar-refractivity contribution in [2.24, 2.45) is 5.73 Å². The standard InChI is InChI=1S/C11H13F2NOS/c12-7-1-2-8(9(13)5-7)11(14)10-6-16-4-3-15-10/h1-2,5,10-11H,3-4,6,14H2. The fraction of sp³-hybridized carbons (Fsp3) is 0.455. The summed E-state index contributed by atoms with van der Waals surface area (Å²) in [6, 6.07) is 2.92. The van der Waals surface area contributed by atoms with E-state index >= 15 is 0 Å². The van der Waals surface area contributed by atoms with Gasteiger partial charge in [-0.1, -0.05) is 6.07 Å². The molecule has 2 unspecified atom stereocenters. The van der Waals surface area contributed by atoms with Crippen molar-refractivity contribution in [1.29, 1.82) is 0 Å². The zero-order valence-corrected chi connectivity index (χ0v) is 9.47. The maximum atomic E-state index is 13.5. The van der Waals surface area contributed by atoms with E-state index in [0.29, 0.717) is 12.2 Å². The lowest BCUT2D eigenvalue weighted by Crippen LogP contribution is -2.35. The number of hydrogen-bond acceptors (Lipinski definition) is 3. The second kappa shape index (κ2) is 5.12. The van der Waals surface area contributed by atoms with Gasteiger partial charge < -0.3 is 10.5 Å². The average molecular weight is 245 g/mol. The molecule has 5 heteroatoms. The molecule has 2 nitrogen and oxygen atoms in total. The molecule has 0 amide bonds. The van der Waals surface area contributed by atoms with Crippen molar-refractivity contribution in [2.45, 2.75) is 12.1 Å². The molecule has 1 aliphatic heterocycles. The van der Waals surface area contributed by atoms with Crippen LogP contribution in [-0.4, -0.2) is 24.2 Å². The highest BCUT2D eigenvalue weighted by atomic mass is 32.2. The minimum atomic E-state index is -0.605. The molecule has 1 aliphatic rings. The molecule has 2 N–H and O–H groups in total. The van der Waals surface area contributed by atoms with E-state index in [1.165, 1.54) is 12.1 Å². The van der Waals surface area contributed by atoms with Gasteiger partial charge in [0.2, 0.25) is 0 Å². The minimum absolute atomic E-state index is 0.196. The maximum absolute atomic E-state index is 13.5. The Morgan fingerprint density at radius 1 is 1.44 bits per heavy atom. The van der Waals surface area contributed by atoms with E-state index < -0.39 is 17.7 Å². The molecule has 1 fully saturated rings. The normalized spacial score (nSPS) is 23.1. The second-order valence-corrected chi connectivity index (χ2v) is 4.83. The smallest absolute Gasteiger partial charge is 0.130 e. The molecule has 2 atom stereocenters. The zero-order chi connectivity index (χ0) is 11.5. The third-order valence-electron chi connectivity index (χ3n) is 2.56. The van der Waals surface area contributed by atoms with Crippen LogP contribution in [0.1, 0.15) is 11.6 Å².